The van der Waals surface area contributed by atoms with Gasteiger partial charge >= 0.3 is 6.18 Å². The lowest BCUT2D eigenvalue weighted by Gasteiger charge is -2.18. The Balaban J connectivity index is 1.78. The van der Waals surface area contributed by atoms with Gasteiger partial charge in [0, 0.05) is 22.7 Å². The van der Waals surface area contributed by atoms with Crippen LogP contribution in [-0.2, 0) is 15.8 Å². The van der Waals surface area contributed by atoms with Gasteiger partial charge in [0.15, 0.2) is 0 Å². The van der Waals surface area contributed by atoms with Gasteiger partial charge < -0.3 is 10.6 Å². The molecular weight excluding hydrogens is 449 g/mol. The van der Waals surface area contributed by atoms with Gasteiger partial charge in [-0.1, -0.05) is 43.3 Å². The van der Waals surface area contributed by atoms with Crippen LogP contribution in [0.25, 0.3) is 0 Å². The molecule has 0 heterocycles. The van der Waals surface area contributed by atoms with Crippen molar-refractivity contribution in [1.82, 2.24) is 0 Å². The highest BCUT2D eigenvalue weighted by Crippen LogP contribution is 2.37. The number of anilines is 2. The molecule has 0 aliphatic rings. The van der Waals surface area contributed by atoms with Crippen LogP contribution in [0.2, 0.25) is 0 Å². The molecule has 0 aromatic heterocycles. The molecule has 0 aliphatic carbocycles. The molecule has 0 bridgehead atoms. The van der Waals surface area contributed by atoms with Crippen molar-refractivity contribution in [3.63, 3.8) is 0 Å². The van der Waals surface area contributed by atoms with E-state index >= 15 is 0 Å². The normalized spacial score (nSPS) is 12.1. The Kier molecular flexibility index (Phi) is 8.16. The molecule has 0 saturated heterocycles. The van der Waals surface area contributed by atoms with Crippen LogP contribution in [-0.4, -0.2) is 11.8 Å². The van der Waals surface area contributed by atoms with Gasteiger partial charge in [0.2, 0.25) is 11.8 Å². The minimum Gasteiger partial charge on any atom is -0.326 e. The van der Waals surface area contributed by atoms with E-state index in [0.717, 1.165) is 23.4 Å². The molecule has 2 N–H and O–H groups in total. The summed E-state index contributed by atoms with van der Waals surface area (Å²) in [7, 11) is 0. The Morgan fingerprint density at radius 1 is 0.879 bits per heavy atom. The van der Waals surface area contributed by atoms with Gasteiger partial charge in [-0.15, -0.1) is 11.8 Å². The molecule has 1 atom stereocenters. The van der Waals surface area contributed by atoms with Crippen molar-refractivity contribution in [2.75, 3.05) is 10.6 Å². The van der Waals surface area contributed by atoms with E-state index in [0.29, 0.717) is 17.7 Å². The van der Waals surface area contributed by atoms with Crippen LogP contribution in [0.4, 0.5) is 24.5 Å². The van der Waals surface area contributed by atoms with Crippen LogP contribution in [0.1, 0.15) is 36.1 Å². The van der Waals surface area contributed by atoms with Crippen molar-refractivity contribution in [3.05, 3.63) is 90.0 Å². The Morgan fingerprint density at radius 3 is 2.21 bits per heavy atom. The van der Waals surface area contributed by atoms with Gasteiger partial charge in [0.1, 0.15) is 5.25 Å². The summed E-state index contributed by atoms with van der Waals surface area (Å²) in [6.45, 7) is 1.92. The number of amides is 2. The van der Waals surface area contributed by atoms with Crippen molar-refractivity contribution >= 4 is 35.0 Å². The molecule has 0 saturated carbocycles. The minimum atomic E-state index is -4.50. The van der Waals surface area contributed by atoms with Gasteiger partial charge in [-0.2, -0.15) is 13.2 Å². The smallest absolute Gasteiger partial charge is 0.326 e. The molecule has 0 radical (unpaired) electrons. The summed E-state index contributed by atoms with van der Waals surface area (Å²) < 4.78 is 39.1. The second-order valence-electron chi connectivity index (χ2n) is 7.30. The third-order valence-electron chi connectivity index (χ3n) is 4.67. The van der Waals surface area contributed by atoms with Crippen LogP contribution in [0, 0.1) is 0 Å². The largest absolute Gasteiger partial charge is 0.416 e. The maximum absolute atomic E-state index is 13.1. The summed E-state index contributed by atoms with van der Waals surface area (Å²) in [6.07, 6.45) is -3.32. The van der Waals surface area contributed by atoms with Crippen molar-refractivity contribution in [2.45, 2.75) is 36.1 Å². The van der Waals surface area contributed by atoms with Crippen LogP contribution in [0.3, 0.4) is 0 Å². The summed E-state index contributed by atoms with van der Waals surface area (Å²) >= 11 is 1.27. The standard InChI is InChI=1S/C25H23F3N2O2S/c1-2-7-22(31)29-19-12-14-21(15-13-19)33-23(17-8-4-3-5-9-17)24(32)30-20-11-6-10-18(16-20)25(26,27)28/h3-6,8-16,23H,2,7H2,1H3,(H,29,31)(H,30,32). The van der Waals surface area contributed by atoms with E-state index in [-0.39, 0.29) is 11.6 Å². The van der Waals surface area contributed by atoms with Gasteiger partial charge in [-0.25, -0.2) is 0 Å². The molecule has 2 amide bonds. The van der Waals surface area contributed by atoms with Crippen LogP contribution in [0.5, 0.6) is 0 Å². The summed E-state index contributed by atoms with van der Waals surface area (Å²) in [4.78, 5) is 25.6. The van der Waals surface area contributed by atoms with E-state index in [2.05, 4.69) is 10.6 Å². The number of benzene rings is 3. The zero-order valence-electron chi connectivity index (χ0n) is 17.9. The zero-order chi connectivity index (χ0) is 23.8. The topological polar surface area (TPSA) is 58.2 Å². The first-order chi connectivity index (χ1) is 15.8. The minimum absolute atomic E-state index is 0.0690. The average Bonchev–Trinajstić information content (AvgIpc) is 2.79. The van der Waals surface area contributed by atoms with Crippen molar-refractivity contribution < 1.29 is 22.8 Å². The fourth-order valence-electron chi connectivity index (χ4n) is 3.09. The van der Waals surface area contributed by atoms with Crippen LogP contribution < -0.4 is 10.6 Å². The fraction of sp³-hybridized carbons (Fsp3) is 0.200. The van der Waals surface area contributed by atoms with Gasteiger partial charge in [0.25, 0.3) is 0 Å². The maximum atomic E-state index is 13.1. The summed E-state index contributed by atoms with van der Waals surface area (Å²) in [6, 6.07) is 20.7. The number of rotatable bonds is 8. The number of carbonyl (C=O) groups is 2. The summed E-state index contributed by atoms with van der Waals surface area (Å²) in [5, 5.41) is 4.72. The van der Waals surface area contributed by atoms with Gasteiger partial charge in [-0.3, -0.25) is 9.59 Å². The molecule has 1 unspecified atom stereocenters. The molecule has 33 heavy (non-hydrogen) atoms. The maximum Gasteiger partial charge on any atom is 0.416 e. The molecular formula is C25H23F3N2O2S. The molecule has 172 valence electrons. The number of nitrogens with one attached hydrogen (secondary N) is 2. The first-order valence-electron chi connectivity index (χ1n) is 10.4. The quantitative estimate of drug-likeness (QED) is 0.350. The van der Waals surface area contributed by atoms with Gasteiger partial charge in [0.05, 0.1) is 5.56 Å². The van der Waals surface area contributed by atoms with Crippen LogP contribution >= 0.6 is 11.8 Å². The number of hydrogen-bond donors (Lipinski definition) is 2. The lowest BCUT2D eigenvalue weighted by Crippen LogP contribution is -2.19. The first-order valence-corrected chi connectivity index (χ1v) is 11.2. The summed E-state index contributed by atoms with van der Waals surface area (Å²) in [5.74, 6) is -0.508. The number of alkyl halides is 3. The zero-order valence-corrected chi connectivity index (χ0v) is 18.7. The SMILES string of the molecule is CCCC(=O)Nc1ccc(SC(C(=O)Nc2cccc(C(F)(F)F)c2)c2ccccc2)cc1. The third kappa shape index (κ3) is 7.12. The molecule has 8 heteroatoms. The van der Waals surface area contributed by atoms with Crippen LogP contribution in [0.15, 0.2) is 83.8 Å². The van der Waals surface area contributed by atoms with Crippen molar-refractivity contribution in [3.8, 4) is 0 Å². The van der Waals surface area contributed by atoms with E-state index in [1.54, 1.807) is 48.5 Å². The monoisotopic (exact) mass is 472 g/mol. The molecule has 4 nitrogen and oxygen atoms in total. The Bertz CT molecular complexity index is 1090. The predicted molar refractivity (Wildman–Crippen MR) is 125 cm³/mol. The summed E-state index contributed by atoms with van der Waals surface area (Å²) in [5.41, 5.74) is 0.616. The fourth-order valence-corrected chi connectivity index (χ4v) is 4.11. The third-order valence-corrected chi connectivity index (χ3v) is 5.93. The number of thioether (sulfide) groups is 1. The molecule has 3 aromatic carbocycles. The molecule has 0 aliphatic heterocycles. The number of hydrogen-bond acceptors (Lipinski definition) is 3. The van der Waals surface area contributed by atoms with E-state index in [1.807, 2.05) is 13.0 Å². The predicted octanol–water partition coefficient (Wildman–Crippen LogP) is 6.92. The van der Waals surface area contributed by atoms with E-state index in [1.165, 1.54) is 23.9 Å². The molecule has 3 rings (SSSR count). The average molecular weight is 473 g/mol. The first kappa shape index (κ1) is 24.4. The molecule has 3 aromatic rings. The lowest BCUT2D eigenvalue weighted by atomic mass is 10.1. The lowest BCUT2D eigenvalue weighted by molar-refractivity contribution is -0.137. The second kappa shape index (κ2) is 11.0. The van der Waals surface area contributed by atoms with E-state index in [4.69, 9.17) is 0 Å². The molecule has 0 spiro atoms. The highest BCUT2D eigenvalue weighted by atomic mass is 32.2. The highest BCUT2D eigenvalue weighted by Gasteiger charge is 2.31. The molecule has 0 fully saturated rings. The van der Waals surface area contributed by atoms with Crippen molar-refractivity contribution in [1.29, 1.82) is 0 Å². The highest BCUT2D eigenvalue weighted by molar-refractivity contribution is 8.00. The Labute approximate surface area is 194 Å². The van der Waals surface area contributed by atoms with Crippen molar-refractivity contribution in [2.24, 2.45) is 0 Å². The van der Waals surface area contributed by atoms with E-state index in [9.17, 15) is 22.8 Å². The van der Waals surface area contributed by atoms with E-state index < -0.39 is 22.9 Å². The second-order valence-corrected chi connectivity index (χ2v) is 8.48. The Morgan fingerprint density at radius 2 is 1.58 bits per heavy atom. The van der Waals surface area contributed by atoms with Gasteiger partial charge in [-0.05, 0) is 54.4 Å². The number of carbonyl (C=O) groups excluding carboxylic acids is 2. The Hall–Kier alpha value is -3.26. The number of halogens is 3.